The van der Waals surface area contributed by atoms with Crippen molar-refractivity contribution < 1.29 is 9.18 Å². The van der Waals surface area contributed by atoms with Crippen molar-refractivity contribution in [1.29, 1.82) is 0 Å². The second-order valence-corrected chi connectivity index (χ2v) is 8.06. The lowest BCUT2D eigenvalue weighted by atomic mass is 9.98. The second-order valence-electron chi connectivity index (χ2n) is 7.01. The number of likely N-dealkylation sites (tertiary alicyclic amines) is 1. The summed E-state index contributed by atoms with van der Waals surface area (Å²) in [5.41, 5.74) is 2.89. The zero-order valence-corrected chi connectivity index (χ0v) is 15.6. The molecule has 2 aromatic rings. The van der Waals surface area contributed by atoms with Gasteiger partial charge in [-0.05, 0) is 48.2 Å². The third-order valence-electron chi connectivity index (χ3n) is 5.37. The molecule has 1 saturated heterocycles. The lowest BCUT2D eigenvalue weighted by Crippen LogP contribution is -2.41. The Labute approximate surface area is 158 Å². The number of nitrogens with zero attached hydrogens (tertiary/aromatic N) is 2. The molecule has 1 fully saturated rings. The van der Waals surface area contributed by atoms with Gasteiger partial charge in [-0.15, -0.1) is 11.8 Å². The van der Waals surface area contributed by atoms with Gasteiger partial charge in [0.05, 0.1) is 5.75 Å². The minimum Gasteiger partial charge on any atom is -0.340 e. The second kappa shape index (κ2) is 7.80. The lowest BCUT2D eigenvalue weighted by molar-refractivity contribution is -0.127. The Hall–Kier alpha value is -1.85. The van der Waals surface area contributed by atoms with Gasteiger partial charge in [0, 0.05) is 37.1 Å². The van der Waals surface area contributed by atoms with Crippen LogP contribution in [0.3, 0.4) is 0 Å². The molecular formula is C21H23FN2OS. The Balaban J connectivity index is 1.29. The van der Waals surface area contributed by atoms with Crippen LogP contribution in [0.15, 0.2) is 53.4 Å². The van der Waals surface area contributed by atoms with Crippen LogP contribution in [0, 0.1) is 5.82 Å². The monoisotopic (exact) mass is 370 g/mol. The maximum Gasteiger partial charge on any atom is 0.232 e. The van der Waals surface area contributed by atoms with E-state index in [-0.39, 0.29) is 11.7 Å². The molecule has 2 aliphatic rings. The van der Waals surface area contributed by atoms with E-state index in [0.29, 0.717) is 11.8 Å². The Bertz CT molecular complexity index is 780. The summed E-state index contributed by atoms with van der Waals surface area (Å²) in [6.07, 6.45) is 2.15. The van der Waals surface area contributed by atoms with Crippen molar-refractivity contribution in [2.45, 2.75) is 30.3 Å². The third-order valence-corrected chi connectivity index (χ3v) is 6.37. The van der Waals surface area contributed by atoms with Crippen LogP contribution in [0.4, 0.5) is 4.39 Å². The maximum atomic E-state index is 13.0. The van der Waals surface area contributed by atoms with E-state index in [4.69, 9.17) is 0 Å². The van der Waals surface area contributed by atoms with E-state index in [1.54, 1.807) is 12.1 Å². The van der Waals surface area contributed by atoms with Crippen molar-refractivity contribution in [2.24, 2.45) is 0 Å². The molecule has 2 aromatic carbocycles. The Morgan fingerprint density at radius 1 is 1.08 bits per heavy atom. The molecule has 0 N–H and O–H groups in total. The number of fused-ring (bicyclic) bond motifs is 1. The Morgan fingerprint density at radius 3 is 2.65 bits per heavy atom. The Kier molecular flexibility index (Phi) is 5.27. The molecular weight excluding hydrogens is 347 g/mol. The molecule has 0 aromatic heterocycles. The molecule has 0 aliphatic carbocycles. The van der Waals surface area contributed by atoms with Crippen molar-refractivity contribution in [3.63, 3.8) is 0 Å². The van der Waals surface area contributed by atoms with E-state index in [9.17, 15) is 9.18 Å². The fourth-order valence-corrected chi connectivity index (χ4v) is 4.66. The molecule has 0 spiro atoms. The number of rotatable bonds is 4. The quantitative estimate of drug-likeness (QED) is 0.769. The predicted molar refractivity (Wildman–Crippen MR) is 103 cm³/mol. The fraction of sp³-hybridized carbons (Fsp3) is 0.381. The van der Waals surface area contributed by atoms with Crippen LogP contribution >= 0.6 is 11.8 Å². The molecule has 5 heteroatoms. The van der Waals surface area contributed by atoms with Gasteiger partial charge in [-0.25, -0.2) is 4.39 Å². The van der Waals surface area contributed by atoms with Gasteiger partial charge in [0.1, 0.15) is 5.82 Å². The summed E-state index contributed by atoms with van der Waals surface area (Å²) < 4.78 is 13.0. The smallest absolute Gasteiger partial charge is 0.232 e. The molecule has 3 nitrogen and oxygen atoms in total. The first-order valence-electron chi connectivity index (χ1n) is 9.16. The number of benzene rings is 2. The van der Waals surface area contributed by atoms with E-state index >= 15 is 0 Å². The van der Waals surface area contributed by atoms with E-state index in [0.717, 1.165) is 43.9 Å². The molecule has 1 atom stereocenters. The average molecular weight is 370 g/mol. The van der Waals surface area contributed by atoms with Crippen molar-refractivity contribution in [3.05, 3.63) is 65.5 Å². The summed E-state index contributed by atoms with van der Waals surface area (Å²) in [6.45, 7) is 3.73. The number of halogens is 1. The van der Waals surface area contributed by atoms with Crippen LogP contribution in [-0.2, 0) is 17.8 Å². The van der Waals surface area contributed by atoms with Gasteiger partial charge in [0.2, 0.25) is 5.91 Å². The van der Waals surface area contributed by atoms with Crippen LogP contribution in [0.5, 0.6) is 0 Å². The highest BCUT2D eigenvalue weighted by Gasteiger charge is 2.31. The average Bonchev–Trinajstić information content (AvgIpc) is 3.17. The van der Waals surface area contributed by atoms with Gasteiger partial charge in [0.15, 0.2) is 0 Å². The molecule has 1 amide bonds. The molecule has 0 saturated carbocycles. The largest absolute Gasteiger partial charge is 0.340 e. The van der Waals surface area contributed by atoms with Crippen molar-refractivity contribution in [2.75, 3.05) is 25.4 Å². The van der Waals surface area contributed by atoms with Gasteiger partial charge >= 0.3 is 0 Å². The number of thioether (sulfide) groups is 1. The molecule has 136 valence electrons. The van der Waals surface area contributed by atoms with E-state index in [2.05, 4.69) is 29.2 Å². The van der Waals surface area contributed by atoms with Crippen LogP contribution < -0.4 is 0 Å². The fourth-order valence-electron chi connectivity index (χ4n) is 3.86. The molecule has 1 unspecified atom stereocenters. The first-order chi connectivity index (χ1) is 12.7. The number of hydrogen-bond acceptors (Lipinski definition) is 3. The highest BCUT2D eigenvalue weighted by atomic mass is 32.2. The maximum absolute atomic E-state index is 13.0. The number of carbonyl (C=O) groups excluding carboxylic acids is 1. The van der Waals surface area contributed by atoms with Gasteiger partial charge < -0.3 is 4.90 Å². The zero-order chi connectivity index (χ0) is 17.9. The molecule has 0 bridgehead atoms. The Morgan fingerprint density at radius 2 is 1.85 bits per heavy atom. The molecule has 26 heavy (non-hydrogen) atoms. The lowest BCUT2D eigenvalue weighted by Gasteiger charge is -2.33. The summed E-state index contributed by atoms with van der Waals surface area (Å²) >= 11 is 1.48. The first-order valence-corrected chi connectivity index (χ1v) is 10.1. The van der Waals surface area contributed by atoms with Gasteiger partial charge in [-0.1, -0.05) is 24.3 Å². The van der Waals surface area contributed by atoms with Crippen molar-refractivity contribution in [1.82, 2.24) is 9.80 Å². The van der Waals surface area contributed by atoms with Gasteiger partial charge in [-0.3, -0.25) is 9.69 Å². The first kappa shape index (κ1) is 17.6. The zero-order valence-electron chi connectivity index (χ0n) is 14.7. The molecule has 0 radical (unpaired) electrons. The third kappa shape index (κ3) is 3.94. The van der Waals surface area contributed by atoms with E-state index in [1.807, 2.05) is 4.90 Å². The summed E-state index contributed by atoms with van der Waals surface area (Å²) in [4.78, 5) is 18.0. The molecule has 2 aliphatic heterocycles. The summed E-state index contributed by atoms with van der Waals surface area (Å²) in [5, 5.41) is 0. The van der Waals surface area contributed by atoms with Gasteiger partial charge in [-0.2, -0.15) is 0 Å². The summed E-state index contributed by atoms with van der Waals surface area (Å²) in [7, 11) is 0. The van der Waals surface area contributed by atoms with Crippen molar-refractivity contribution in [3.8, 4) is 0 Å². The van der Waals surface area contributed by atoms with Gasteiger partial charge in [0.25, 0.3) is 0 Å². The minimum absolute atomic E-state index is 0.180. The molecule has 2 heterocycles. The standard InChI is InChI=1S/C21H23FN2OS/c22-18-5-7-20(8-6-18)26-15-21(25)24-12-10-19(14-24)23-11-9-16-3-1-2-4-17(16)13-23/h1-8,19H,9-15H2. The number of amides is 1. The normalized spacial score (nSPS) is 20.2. The van der Waals surface area contributed by atoms with Crippen molar-refractivity contribution >= 4 is 17.7 Å². The number of carbonyl (C=O) groups is 1. The van der Waals surface area contributed by atoms with Crippen LogP contribution in [-0.4, -0.2) is 47.1 Å². The predicted octanol–water partition coefficient (Wildman–Crippen LogP) is 3.58. The highest BCUT2D eigenvalue weighted by molar-refractivity contribution is 8.00. The van der Waals surface area contributed by atoms with E-state index < -0.39 is 0 Å². The number of hydrogen-bond donors (Lipinski definition) is 0. The molecule has 4 rings (SSSR count). The van der Waals surface area contributed by atoms with E-state index in [1.165, 1.54) is 35.0 Å². The van der Waals surface area contributed by atoms with Crippen LogP contribution in [0.25, 0.3) is 0 Å². The van der Waals surface area contributed by atoms with Crippen LogP contribution in [0.2, 0.25) is 0 Å². The SMILES string of the molecule is O=C(CSc1ccc(F)cc1)N1CCC(N2CCc3ccccc3C2)C1. The highest BCUT2D eigenvalue weighted by Crippen LogP contribution is 2.25. The minimum atomic E-state index is -0.244. The summed E-state index contributed by atoms with van der Waals surface area (Å²) in [6, 6.07) is 15.5. The summed E-state index contributed by atoms with van der Waals surface area (Å²) in [5.74, 6) is 0.353. The van der Waals surface area contributed by atoms with Crippen LogP contribution in [0.1, 0.15) is 17.5 Å². The topological polar surface area (TPSA) is 23.6 Å².